The molecule has 1 aromatic carbocycles. The van der Waals surface area contributed by atoms with Crippen LogP contribution in [0.4, 0.5) is 5.82 Å². The first-order chi connectivity index (χ1) is 11.3. The van der Waals surface area contributed by atoms with E-state index in [2.05, 4.69) is 15.6 Å². The van der Waals surface area contributed by atoms with Gasteiger partial charge in [0.25, 0.3) is 0 Å². The monoisotopic (exact) mass is 383 g/mol. The number of hydrogen-bond donors (Lipinski definition) is 3. The van der Waals surface area contributed by atoms with Gasteiger partial charge in [-0.15, -0.1) is 0 Å². The number of aromatic nitrogens is 1. The van der Waals surface area contributed by atoms with Crippen LogP contribution in [-0.4, -0.2) is 21.2 Å². The number of carbonyl (C=O) groups is 1. The smallest absolute Gasteiger partial charge is 0.305 e. The normalized spacial score (nSPS) is 11.6. The van der Waals surface area contributed by atoms with Gasteiger partial charge in [-0.1, -0.05) is 29.3 Å². The first-order valence-corrected chi connectivity index (χ1v) is 8.18. The zero-order valence-corrected chi connectivity index (χ0v) is 15.0. The highest BCUT2D eigenvalue weighted by atomic mass is 35.5. The van der Waals surface area contributed by atoms with E-state index in [0.717, 1.165) is 5.56 Å². The number of pyridine rings is 1. The van der Waals surface area contributed by atoms with Gasteiger partial charge in [0.1, 0.15) is 5.82 Å². The molecular weight excluding hydrogens is 369 g/mol. The lowest BCUT2D eigenvalue weighted by Gasteiger charge is -2.21. The Morgan fingerprint density at radius 2 is 2.08 bits per heavy atom. The second-order valence-electron chi connectivity index (χ2n) is 5.13. The van der Waals surface area contributed by atoms with Crippen molar-refractivity contribution in [2.45, 2.75) is 19.4 Å². The average Bonchev–Trinajstić information content (AvgIpc) is 2.46. The molecule has 1 heterocycles. The van der Waals surface area contributed by atoms with Gasteiger partial charge in [-0.2, -0.15) is 0 Å². The highest BCUT2D eigenvalue weighted by Gasteiger charge is 2.19. The molecule has 8 heteroatoms. The van der Waals surface area contributed by atoms with Gasteiger partial charge in [-0.05, 0) is 54.5 Å². The third-order valence-electron chi connectivity index (χ3n) is 3.18. The van der Waals surface area contributed by atoms with Crippen molar-refractivity contribution in [3.63, 3.8) is 0 Å². The summed E-state index contributed by atoms with van der Waals surface area (Å²) < 4.78 is 0. The van der Waals surface area contributed by atoms with Crippen molar-refractivity contribution < 1.29 is 9.90 Å². The van der Waals surface area contributed by atoms with Crippen LogP contribution >= 0.6 is 35.4 Å². The molecule has 0 spiro atoms. The molecule has 0 saturated carbocycles. The second kappa shape index (κ2) is 8.28. The van der Waals surface area contributed by atoms with Crippen LogP contribution in [-0.2, 0) is 4.79 Å². The molecule has 0 saturated heterocycles. The summed E-state index contributed by atoms with van der Waals surface area (Å²) in [5.41, 5.74) is 1.63. The molecule has 126 valence electrons. The lowest BCUT2D eigenvalue weighted by Crippen LogP contribution is -2.34. The van der Waals surface area contributed by atoms with E-state index in [1.54, 1.807) is 24.4 Å². The minimum absolute atomic E-state index is 0.190. The Morgan fingerprint density at radius 1 is 1.33 bits per heavy atom. The van der Waals surface area contributed by atoms with Crippen molar-refractivity contribution in [1.29, 1.82) is 0 Å². The van der Waals surface area contributed by atoms with Crippen molar-refractivity contribution in [3.8, 4) is 0 Å². The molecule has 3 N–H and O–H groups in total. The second-order valence-corrected chi connectivity index (χ2v) is 6.39. The fraction of sp³-hybridized carbons (Fsp3) is 0.188. The maximum absolute atomic E-state index is 11.2. The molecule has 0 unspecified atom stereocenters. The predicted molar refractivity (Wildman–Crippen MR) is 99.8 cm³/mol. The quantitative estimate of drug-likeness (QED) is 0.671. The lowest BCUT2D eigenvalue weighted by molar-refractivity contribution is -0.137. The van der Waals surface area contributed by atoms with E-state index in [-0.39, 0.29) is 11.5 Å². The maximum atomic E-state index is 11.2. The maximum Gasteiger partial charge on any atom is 0.305 e. The van der Waals surface area contributed by atoms with Gasteiger partial charge in [0.2, 0.25) is 0 Å². The third kappa shape index (κ3) is 5.33. The van der Waals surface area contributed by atoms with E-state index in [4.69, 9.17) is 40.5 Å². The van der Waals surface area contributed by atoms with Gasteiger partial charge in [-0.3, -0.25) is 4.79 Å². The molecule has 0 aliphatic heterocycles. The fourth-order valence-corrected chi connectivity index (χ4v) is 2.90. The molecule has 1 aromatic heterocycles. The molecule has 0 aliphatic rings. The number of anilines is 1. The number of hydrogen-bond acceptors (Lipinski definition) is 3. The Bertz CT molecular complexity index is 771. The highest BCUT2D eigenvalue weighted by molar-refractivity contribution is 7.80. The summed E-state index contributed by atoms with van der Waals surface area (Å²) in [7, 11) is 0. The first kappa shape index (κ1) is 18.4. The van der Waals surface area contributed by atoms with E-state index in [9.17, 15) is 4.79 Å². The standard InChI is InChI=1S/C16H15Cl2N3O2S/c1-9-4-5-19-14(6-9)21-16(24)20-13(8-15(22)23)11-3-2-10(17)7-12(11)18/h2-7,13H,8H2,1H3,(H,22,23)(H2,19,20,21,24)/t13-/m1/s1. The molecule has 2 rings (SSSR count). The number of aliphatic carboxylic acids is 1. The Kier molecular flexibility index (Phi) is 6.36. The Balaban J connectivity index is 2.16. The molecular formula is C16H15Cl2N3O2S. The van der Waals surface area contributed by atoms with Gasteiger partial charge in [0.15, 0.2) is 5.11 Å². The number of nitrogens with zero attached hydrogens (tertiary/aromatic N) is 1. The minimum atomic E-state index is -0.977. The molecule has 2 aromatic rings. The number of carboxylic acid groups (broad SMARTS) is 1. The summed E-state index contributed by atoms with van der Waals surface area (Å²) in [6.07, 6.45) is 1.47. The zero-order valence-electron chi connectivity index (χ0n) is 12.7. The number of aryl methyl sites for hydroxylation is 1. The first-order valence-electron chi connectivity index (χ1n) is 7.02. The van der Waals surface area contributed by atoms with Crippen LogP contribution in [0, 0.1) is 6.92 Å². The van der Waals surface area contributed by atoms with Crippen molar-refractivity contribution in [3.05, 3.63) is 57.7 Å². The summed E-state index contributed by atoms with van der Waals surface area (Å²) >= 11 is 17.3. The predicted octanol–water partition coefficient (Wildman–Crippen LogP) is 4.20. The van der Waals surface area contributed by atoms with Crippen LogP contribution in [0.25, 0.3) is 0 Å². The van der Waals surface area contributed by atoms with Crippen LogP contribution in [0.2, 0.25) is 10.0 Å². The molecule has 1 atom stereocenters. The Labute approximate surface area is 155 Å². The lowest BCUT2D eigenvalue weighted by atomic mass is 10.0. The zero-order chi connectivity index (χ0) is 17.7. The van der Waals surface area contributed by atoms with E-state index < -0.39 is 12.0 Å². The van der Waals surface area contributed by atoms with Crippen LogP contribution in [0.15, 0.2) is 36.5 Å². The average molecular weight is 384 g/mol. The SMILES string of the molecule is Cc1ccnc(NC(=S)N[C@H](CC(=O)O)c2ccc(Cl)cc2Cl)c1. The van der Waals surface area contributed by atoms with Crippen LogP contribution in [0.5, 0.6) is 0 Å². The molecule has 0 aliphatic carbocycles. The van der Waals surface area contributed by atoms with E-state index in [1.165, 1.54) is 0 Å². The summed E-state index contributed by atoms with van der Waals surface area (Å²) in [5, 5.41) is 16.1. The summed E-state index contributed by atoms with van der Waals surface area (Å²) in [5.74, 6) is -0.404. The van der Waals surface area contributed by atoms with E-state index in [0.29, 0.717) is 21.4 Å². The summed E-state index contributed by atoms with van der Waals surface area (Å²) in [4.78, 5) is 15.3. The Morgan fingerprint density at radius 3 is 2.71 bits per heavy atom. The fourth-order valence-electron chi connectivity index (χ4n) is 2.11. The van der Waals surface area contributed by atoms with Crippen molar-refractivity contribution in [2.75, 3.05) is 5.32 Å². The van der Waals surface area contributed by atoms with Crippen molar-refractivity contribution in [2.24, 2.45) is 0 Å². The Hall–Kier alpha value is -1.89. The van der Waals surface area contributed by atoms with Gasteiger partial charge in [0, 0.05) is 16.2 Å². The van der Waals surface area contributed by atoms with Gasteiger partial charge < -0.3 is 15.7 Å². The third-order valence-corrected chi connectivity index (χ3v) is 3.96. The number of carboxylic acids is 1. The number of halogens is 2. The van der Waals surface area contributed by atoms with Crippen molar-refractivity contribution >= 4 is 52.3 Å². The van der Waals surface area contributed by atoms with Gasteiger partial charge in [0.05, 0.1) is 12.5 Å². The number of thiocarbonyl (C=S) groups is 1. The molecule has 0 amide bonds. The topological polar surface area (TPSA) is 74.2 Å². The number of rotatable bonds is 5. The van der Waals surface area contributed by atoms with Crippen molar-refractivity contribution in [1.82, 2.24) is 10.3 Å². The minimum Gasteiger partial charge on any atom is -0.481 e. The van der Waals surface area contributed by atoms with Crippen LogP contribution in [0.3, 0.4) is 0 Å². The van der Waals surface area contributed by atoms with Gasteiger partial charge >= 0.3 is 5.97 Å². The van der Waals surface area contributed by atoms with E-state index >= 15 is 0 Å². The van der Waals surface area contributed by atoms with Crippen LogP contribution < -0.4 is 10.6 Å². The van der Waals surface area contributed by atoms with E-state index in [1.807, 2.05) is 19.1 Å². The summed E-state index contributed by atoms with van der Waals surface area (Å²) in [6, 6.07) is 7.99. The molecule has 0 radical (unpaired) electrons. The highest BCUT2D eigenvalue weighted by Crippen LogP contribution is 2.28. The largest absolute Gasteiger partial charge is 0.481 e. The molecule has 5 nitrogen and oxygen atoms in total. The number of nitrogens with one attached hydrogen (secondary N) is 2. The number of benzene rings is 1. The molecule has 0 bridgehead atoms. The van der Waals surface area contributed by atoms with Crippen LogP contribution in [0.1, 0.15) is 23.6 Å². The summed E-state index contributed by atoms with van der Waals surface area (Å²) in [6.45, 7) is 1.93. The molecule has 24 heavy (non-hydrogen) atoms. The van der Waals surface area contributed by atoms with Gasteiger partial charge in [-0.25, -0.2) is 4.98 Å². The molecule has 0 fully saturated rings.